The van der Waals surface area contributed by atoms with E-state index in [-0.39, 0.29) is 11.6 Å². The molecular weight excluding hydrogens is 432 g/mol. The topological polar surface area (TPSA) is 35.2 Å². The first-order valence-corrected chi connectivity index (χ1v) is 9.73. The van der Waals surface area contributed by atoms with Crippen molar-refractivity contribution in [3.63, 3.8) is 0 Å². The second kappa shape index (κ2) is 8.96. The van der Waals surface area contributed by atoms with Crippen LogP contribution in [0.2, 0.25) is 0 Å². The summed E-state index contributed by atoms with van der Waals surface area (Å²) in [6, 6.07) is 18.3. The lowest BCUT2D eigenvalue weighted by Gasteiger charge is -2.38. The van der Waals surface area contributed by atoms with Crippen LogP contribution in [0.25, 0.3) is 0 Å². The van der Waals surface area contributed by atoms with E-state index in [1.807, 2.05) is 0 Å². The van der Waals surface area contributed by atoms with Gasteiger partial charge in [0.15, 0.2) is 0 Å². The van der Waals surface area contributed by atoms with Crippen LogP contribution in [0.4, 0.5) is 26.3 Å². The van der Waals surface area contributed by atoms with Crippen LogP contribution in [0.3, 0.4) is 0 Å². The first-order chi connectivity index (χ1) is 14.9. The van der Waals surface area contributed by atoms with Gasteiger partial charge in [0, 0.05) is 6.04 Å². The average molecular weight is 453 g/mol. The Labute approximate surface area is 181 Å². The van der Waals surface area contributed by atoms with E-state index in [0.29, 0.717) is 23.3 Å². The fourth-order valence-electron chi connectivity index (χ4n) is 3.66. The number of hydrogen-bond acceptors (Lipinski definition) is 2. The Kier molecular flexibility index (Phi) is 6.67. The molecule has 8 heteroatoms. The number of rotatable bonds is 6. The van der Waals surface area contributed by atoms with Crippen LogP contribution in [0.1, 0.15) is 34.7 Å². The van der Waals surface area contributed by atoms with E-state index in [0.717, 1.165) is 0 Å². The molecule has 0 aliphatic rings. The molecule has 0 saturated carbocycles. The van der Waals surface area contributed by atoms with Gasteiger partial charge in [0.25, 0.3) is 0 Å². The molecule has 0 amide bonds. The van der Waals surface area contributed by atoms with Gasteiger partial charge in [-0.1, -0.05) is 60.7 Å². The molecule has 32 heavy (non-hydrogen) atoms. The minimum absolute atomic E-state index is 0.0939. The maximum atomic E-state index is 13.2. The molecule has 0 unspecified atom stereocenters. The zero-order valence-electron chi connectivity index (χ0n) is 17.0. The summed E-state index contributed by atoms with van der Waals surface area (Å²) in [5.74, 6) is 0. The Hall–Kier alpha value is -2.84. The van der Waals surface area contributed by atoms with Crippen LogP contribution >= 0.6 is 0 Å². The van der Waals surface area contributed by atoms with Crippen molar-refractivity contribution in [3.05, 3.63) is 107 Å². The molecule has 3 aromatic rings. The Morgan fingerprint density at radius 1 is 0.688 bits per heavy atom. The molecule has 0 fully saturated rings. The zero-order chi connectivity index (χ0) is 23.6. The molecule has 0 aliphatic heterocycles. The molecule has 0 radical (unpaired) electrons. The lowest BCUT2D eigenvalue weighted by molar-refractivity contribution is -0.143. The molecule has 0 bridgehead atoms. The van der Waals surface area contributed by atoms with E-state index in [4.69, 9.17) is 10.5 Å². The van der Waals surface area contributed by atoms with Crippen molar-refractivity contribution in [2.45, 2.75) is 37.5 Å². The first kappa shape index (κ1) is 23.8. The fraction of sp³-hybridized carbons (Fsp3) is 0.250. The van der Waals surface area contributed by atoms with Crippen molar-refractivity contribution in [3.8, 4) is 0 Å². The van der Waals surface area contributed by atoms with Crippen LogP contribution < -0.4 is 5.73 Å². The minimum Gasteiger partial charge on any atom is -0.359 e. The summed E-state index contributed by atoms with van der Waals surface area (Å²) in [7, 11) is 0. The molecule has 170 valence electrons. The fourth-order valence-corrected chi connectivity index (χ4v) is 3.66. The Morgan fingerprint density at radius 2 is 1.09 bits per heavy atom. The summed E-state index contributed by atoms with van der Waals surface area (Å²) in [6.45, 7) is 1.16. The summed E-state index contributed by atoms with van der Waals surface area (Å²) in [5.41, 5.74) is 3.23. The molecule has 3 aromatic carbocycles. The largest absolute Gasteiger partial charge is 0.416 e. The summed E-state index contributed by atoms with van der Waals surface area (Å²) >= 11 is 0. The summed E-state index contributed by atoms with van der Waals surface area (Å²) in [5, 5.41) is 0. The number of ether oxygens (including phenoxy) is 1. The molecule has 0 aliphatic carbocycles. The van der Waals surface area contributed by atoms with E-state index in [1.54, 1.807) is 67.6 Å². The number of alkyl halides is 6. The molecular formula is C24H21F6NO. The number of halogens is 6. The summed E-state index contributed by atoms with van der Waals surface area (Å²) in [6.07, 6.45) is -9.87. The highest BCUT2D eigenvalue weighted by atomic mass is 19.4. The number of nitrogens with two attached hydrogens (primary N) is 1. The Morgan fingerprint density at radius 3 is 1.44 bits per heavy atom. The second-order valence-electron chi connectivity index (χ2n) is 7.46. The Balaban J connectivity index is 2.09. The zero-order valence-corrected chi connectivity index (χ0v) is 17.0. The van der Waals surface area contributed by atoms with Gasteiger partial charge in [-0.05, 0) is 41.8 Å². The van der Waals surface area contributed by atoms with Crippen LogP contribution in [0.5, 0.6) is 0 Å². The van der Waals surface area contributed by atoms with Gasteiger partial charge < -0.3 is 10.5 Å². The van der Waals surface area contributed by atoms with Crippen LogP contribution in [-0.4, -0.2) is 6.04 Å². The van der Waals surface area contributed by atoms with Gasteiger partial charge in [-0.3, -0.25) is 0 Å². The SMILES string of the molecule is C[C@H](N)C(OCc1cc(C(F)(F)F)cc(C(F)(F)F)c1)(c1ccccc1)c1ccccc1. The van der Waals surface area contributed by atoms with Crippen molar-refractivity contribution >= 4 is 0 Å². The number of hydrogen-bond donors (Lipinski definition) is 1. The van der Waals surface area contributed by atoms with Crippen molar-refractivity contribution in [1.82, 2.24) is 0 Å². The van der Waals surface area contributed by atoms with E-state index >= 15 is 0 Å². The van der Waals surface area contributed by atoms with Crippen molar-refractivity contribution < 1.29 is 31.1 Å². The molecule has 2 N–H and O–H groups in total. The van der Waals surface area contributed by atoms with Crippen LogP contribution in [0.15, 0.2) is 78.9 Å². The van der Waals surface area contributed by atoms with Crippen molar-refractivity contribution in [1.29, 1.82) is 0 Å². The molecule has 0 aromatic heterocycles. The molecule has 0 heterocycles. The molecule has 1 atom stereocenters. The molecule has 3 rings (SSSR count). The third kappa shape index (κ3) is 4.97. The van der Waals surface area contributed by atoms with Gasteiger partial charge >= 0.3 is 12.4 Å². The predicted octanol–water partition coefficient (Wildman–Crippen LogP) is 6.53. The standard InChI is InChI=1S/C24H21F6NO/c1-16(31)22(18-8-4-2-5-9-18,19-10-6-3-7-11-19)32-15-17-12-20(23(25,26)27)14-21(13-17)24(28,29)30/h2-14,16H,15,31H2,1H3/t16-/m0/s1. The van der Waals surface area contributed by atoms with Crippen molar-refractivity contribution in [2.24, 2.45) is 5.73 Å². The van der Waals surface area contributed by atoms with Crippen LogP contribution in [-0.2, 0) is 29.3 Å². The quantitative estimate of drug-likeness (QED) is 0.431. The Bertz CT molecular complexity index is 958. The first-order valence-electron chi connectivity index (χ1n) is 9.73. The predicted molar refractivity (Wildman–Crippen MR) is 109 cm³/mol. The number of benzene rings is 3. The highest BCUT2D eigenvalue weighted by molar-refractivity contribution is 5.39. The van der Waals surface area contributed by atoms with Gasteiger partial charge in [0.2, 0.25) is 0 Å². The molecule has 2 nitrogen and oxygen atoms in total. The maximum Gasteiger partial charge on any atom is 0.416 e. The van der Waals surface area contributed by atoms with Gasteiger partial charge in [-0.2, -0.15) is 26.3 Å². The monoisotopic (exact) mass is 453 g/mol. The van der Waals surface area contributed by atoms with E-state index in [2.05, 4.69) is 0 Å². The summed E-state index contributed by atoms with van der Waals surface area (Å²) < 4.78 is 85.6. The maximum absolute atomic E-state index is 13.2. The normalized spacial score (nSPS) is 13.8. The lowest BCUT2D eigenvalue weighted by Crippen LogP contribution is -2.46. The molecule has 0 saturated heterocycles. The third-order valence-electron chi connectivity index (χ3n) is 5.16. The van der Waals surface area contributed by atoms with Crippen LogP contribution in [0, 0.1) is 0 Å². The van der Waals surface area contributed by atoms with Gasteiger partial charge in [0.05, 0.1) is 17.7 Å². The van der Waals surface area contributed by atoms with Gasteiger partial charge in [-0.25, -0.2) is 0 Å². The van der Waals surface area contributed by atoms with E-state index < -0.39 is 41.7 Å². The second-order valence-corrected chi connectivity index (χ2v) is 7.46. The summed E-state index contributed by atoms with van der Waals surface area (Å²) in [4.78, 5) is 0. The third-order valence-corrected chi connectivity index (χ3v) is 5.16. The molecule has 0 spiro atoms. The van der Waals surface area contributed by atoms with Gasteiger partial charge in [0.1, 0.15) is 5.60 Å². The average Bonchev–Trinajstić information content (AvgIpc) is 2.74. The van der Waals surface area contributed by atoms with Crippen molar-refractivity contribution in [2.75, 3.05) is 0 Å². The smallest absolute Gasteiger partial charge is 0.359 e. The highest BCUT2D eigenvalue weighted by Crippen LogP contribution is 2.39. The lowest BCUT2D eigenvalue weighted by atomic mass is 9.80. The van der Waals surface area contributed by atoms with E-state index in [9.17, 15) is 26.3 Å². The van der Waals surface area contributed by atoms with Gasteiger partial charge in [-0.15, -0.1) is 0 Å². The highest BCUT2D eigenvalue weighted by Gasteiger charge is 2.40. The van der Waals surface area contributed by atoms with E-state index in [1.165, 1.54) is 0 Å². The minimum atomic E-state index is -4.94.